The number of halogens is 1. The molecule has 4 nitrogen and oxygen atoms in total. The monoisotopic (exact) mass is 323 g/mol. The molecule has 0 atom stereocenters. The van der Waals surface area contributed by atoms with Gasteiger partial charge in [0.1, 0.15) is 12.4 Å². The molecule has 0 aliphatic heterocycles. The zero-order valence-corrected chi connectivity index (χ0v) is 12.8. The first-order valence-corrected chi connectivity index (χ1v) is 7.08. The van der Waals surface area contributed by atoms with E-state index >= 15 is 0 Å². The average molecular weight is 324 g/mol. The fraction of sp³-hybridized carbons (Fsp3) is 0.357. The van der Waals surface area contributed by atoms with Crippen LogP contribution in [0.2, 0.25) is 0 Å². The Balaban J connectivity index is 2.03. The van der Waals surface area contributed by atoms with Gasteiger partial charge >= 0.3 is 0 Å². The van der Waals surface area contributed by atoms with Crippen molar-refractivity contribution in [3.8, 4) is 5.75 Å². The third-order valence-electron chi connectivity index (χ3n) is 2.89. The summed E-state index contributed by atoms with van der Waals surface area (Å²) in [7, 11) is 1.93. The molecule has 1 aromatic carbocycles. The summed E-state index contributed by atoms with van der Waals surface area (Å²) in [5, 5.41) is 3.13. The largest absolute Gasteiger partial charge is 0.486 e. The summed E-state index contributed by atoms with van der Waals surface area (Å²) in [6.07, 6.45) is 3.66. The van der Waals surface area contributed by atoms with Crippen molar-refractivity contribution >= 4 is 15.9 Å². The van der Waals surface area contributed by atoms with Crippen molar-refractivity contribution in [3.63, 3.8) is 0 Å². The molecule has 1 N–H and O–H groups in total. The lowest BCUT2D eigenvalue weighted by atomic mass is 10.2. The van der Waals surface area contributed by atoms with Crippen LogP contribution in [0.25, 0.3) is 0 Å². The highest BCUT2D eigenvalue weighted by Gasteiger charge is 2.05. The number of aromatic nitrogens is 2. The van der Waals surface area contributed by atoms with Gasteiger partial charge in [0.25, 0.3) is 0 Å². The van der Waals surface area contributed by atoms with Crippen LogP contribution in [0.5, 0.6) is 5.75 Å². The third-order valence-corrected chi connectivity index (χ3v) is 3.51. The molecule has 0 bridgehead atoms. The van der Waals surface area contributed by atoms with Gasteiger partial charge in [-0.25, -0.2) is 4.98 Å². The first kappa shape index (κ1) is 14.1. The Morgan fingerprint density at radius 1 is 1.42 bits per heavy atom. The number of ether oxygens (including phenoxy) is 1. The van der Waals surface area contributed by atoms with E-state index in [2.05, 4.69) is 49.9 Å². The first-order valence-electron chi connectivity index (χ1n) is 6.29. The van der Waals surface area contributed by atoms with E-state index < -0.39 is 0 Å². The van der Waals surface area contributed by atoms with Crippen LogP contribution in [-0.2, 0) is 19.7 Å². The van der Waals surface area contributed by atoms with Gasteiger partial charge in [0.2, 0.25) is 0 Å². The highest BCUT2D eigenvalue weighted by atomic mass is 79.9. The van der Waals surface area contributed by atoms with E-state index in [9.17, 15) is 0 Å². The summed E-state index contributed by atoms with van der Waals surface area (Å²) in [6, 6.07) is 6.13. The summed E-state index contributed by atoms with van der Waals surface area (Å²) in [6.45, 7) is 4.37. The van der Waals surface area contributed by atoms with Gasteiger partial charge in [-0.05, 0) is 47.6 Å². The molecule has 102 valence electrons. The fourth-order valence-corrected chi connectivity index (χ4v) is 2.42. The van der Waals surface area contributed by atoms with E-state index in [1.165, 1.54) is 5.56 Å². The molecule has 2 aromatic rings. The lowest BCUT2D eigenvalue weighted by Gasteiger charge is -2.10. The summed E-state index contributed by atoms with van der Waals surface area (Å²) < 4.78 is 8.88. The quantitative estimate of drug-likeness (QED) is 0.888. The van der Waals surface area contributed by atoms with Gasteiger partial charge in [-0.15, -0.1) is 0 Å². The molecule has 0 radical (unpaired) electrons. The average Bonchev–Trinajstić information content (AvgIpc) is 2.85. The van der Waals surface area contributed by atoms with Crippen LogP contribution in [0.4, 0.5) is 0 Å². The molecule has 1 aromatic heterocycles. The smallest absolute Gasteiger partial charge is 0.134 e. The predicted molar refractivity (Wildman–Crippen MR) is 79.1 cm³/mol. The van der Waals surface area contributed by atoms with E-state index in [-0.39, 0.29) is 0 Å². The van der Waals surface area contributed by atoms with Gasteiger partial charge < -0.3 is 14.6 Å². The molecule has 0 unspecified atom stereocenters. The van der Waals surface area contributed by atoms with Gasteiger partial charge in [0.15, 0.2) is 0 Å². The number of nitrogens with zero attached hydrogens (tertiary/aromatic N) is 2. The second-order valence-electron chi connectivity index (χ2n) is 4.25. The SMILES string of the molecule is CCn1cncc1COc1ccc(CNC)cc1Br. The number of hydrogen-bond donors (Lipinski definition) is 1. The van der Waals surface area contributed by atoms with Crippen molar-refractivity contribution in [2.75, 3.05) is 7.05 Å². The second-order valence-corrected chi connectivity index (χ2v) is 5.11. The summed E-state index contributed by atoms with van der Waals surface area (Å²) in [5.74, 6) is 0.851. The Morgan fingerprint density at radius 3 is 2.95 bits per heavy atom. The van der Waals surface area contributed by atoms with Crippen LogP contribution >= 0.6 is 15.9 Å². The fourth-order valence-electron chi connectivity index (χ4n) is 1.88. The van der Waals surface area contributed by atoms with Crippen LogP contribution in [-0.4, -0.2) is 16.6 Å². The number of rotatable bonds is 6. The maximum Gasteiger partial charge on any atom is 0.134 e. The Bertz CT molecular complexity index is 539. The second kappa shape index (κ2) is 6.73. The van der Waals surface area contributed by atoms with Crippen molar-refractivity contribution < 1.29 is 4.74 Å². The number of imidazole rings is 1. The summed E-state index contributed by atoms with van der Waals surface area (Å²) in [4.78, 5) is 4.13. The van der Waals surface area contributed by atoms with Crippen LogP contribution in [0, 0.1) is 0 Å². The number of hydrogen-bond acceptors (Lipinski definition) is 3. The van der Waals surface area contributed by atoms with E-state index in [1.807, 2.05) is 25.6 Å². The van der Waals surface area contributed by atoms with Crippen molar-refractivity contribution in [2.24, 2.45) is 0 Å². The molecule has 19 heavy (non-hydrogen) atoms. The van der Waals surface area contributed by atoms with E-state index in [4.69, 9.17) is 4.74 Å². The number of aryl methyl sites for hydroxylation is 1. The minimum Gasteiger partial charge on any atom is -0.486 e. The Labute approximate surface area is 121 Å². The molecule has 0 fully saturated rings. The highest BCUT2D eigenvalue weighted by molar-refractivity contribution is 9.10. The first-order chi connectivity index (χ1) is 9.24. The molecule has 5 heteroatoms. The van der Waals surface area contributed by atoms with E-state index in [1.54, 1.807) is 0 Å². The van der Waals surface area contributed by atoms with Gasteiger partial charge in [-0.2, -0.15) is 0 Å². The maximum atomic E-state index is 5.83. The van der Waals surface area contributed by atoms with Crippen LogP contribution in [0.3, 0.4) is 0 Å². The van der Waals surface area contributed by atoms with Gasteiger partial charge in [0, 0.05) is 13.1 Å². The molecule has 0 amide bonds. The van der Waals surface area contributed by atoms with Crippen molar-refractivity contribution in [2.45, 2.75) is 26.6 Å². The van der Waals surface area contributed by atoms with Gasteiger partial charge in [-0.1, -0.05) is 6.07 Å². The number of nitrogens with one attached hydrogen (secondary N) is 1. The Morgan fingerprint density at radius 2 is 2.26 bits per heavy atom. The standard InChI is InChI=1S/C14H18BrN3O/c1-3-18-10-17-8-12(18)9-19-14-5-4-11(7-16-2)6-13(14)15/h4-6,8,10,16H,3,7,9H2,1-2H3. The van der Waals surface area contributed by atoms with Crippen molar-refractivity contribution in [1.82, 2.24) is 14.9 Å². The summed E-state index contributed by atoms with van der Waals surface area (Å²) in [5.41, 5.74) is 2.30. The van der Waals surface area contributed by atoms with Gasteiger partial charge in [0.05, 0.1) is 22.7 Å². The predicted octanol–water partition coefficient (Wildman–Crippen LogP) is 2.96. The highest BCUT2D eigenvalue weighted by Crippen LogP contribution is 2.26. The molecule has 0 aliphatic carbocycles. The van der Waals surface area contributed by atoms with E-state index in [0.29, 0.717) is 6.61 Å². The molecule has 0 aliphatic rings. The van der Waals surface area contributed by atoms with Crippen LogP contribution in [0.15, 0.2) is 35.2 Å². The maximum absolute atomic E-state index is 5.83. The molecule has 0 spiro atoms. The minimum absolute atomic E-state index is 0.526. The molecular weight excluding hydrogens is 306 g/mol. The minimum atomic E-state index is 0.526. The topological polar surface area (TPSA) is 39.1 Å². The Kier molecular flexibility index (Phi) is 4.99. The lowest BCUT2D eigenvalue weighted by Crippen LogP contribution is -2.06. The van der Waals surface area contributed by atoms with Crippen LogP contribution < -0.4 is 10.1 Å². The zero-order chi connectivity index (χ0) is 13.7. The molecular formula is C14H18BrN3O. The van der Waals surface area contributed by atoms with Crippen LogP contribution in [0.1, 0.15) is 18.2 Å². The van der Waals surface area contributed by atoms with Crippen molar-refractivity contribution in [1.29, 1.82) is 0 Å². The number of benzene rings is 1. The molecule has 2 rings (SSSR count). The third kappa shape index (κ3) is 3.58. The van der Waals surface area contributed by atoms with E-state index in [0.717, 1.165) is 29.0 Å². The normalized spacial score (nSPS) is 10.7. The molecule has 0 saturated heterocycles. The summed E-state index contributed by atoms with van der Waals surface area (Å²) >= 11 is 3.54. The molecule has 1 heterocycles. The zero-order valence-electron chi connectivity index (χ0n) is 11.2. The van der Waals surface area contributed by atoms with Gasteiger partial charge in [-0.3, -0.25) is 0 Å². The van der Waals surface area contributed by atoms with Crippen molar-refractivity contribution in [3.05, 3.63) is 46.5 Å². The molecule has 0 saturated carbocycles. The Hall–Kier alpha value is -1.33. The lowest BCUT2D eigenvalue weighted by molar-refractivity contribution is 0.293.